The summed E-state index contributed by atoms with van der Waals surface area (Å²) in [6, 6.07) is 5.37. The molecule has 152 valence electrons. The van der Waals surface area contributed by atoms with Gasteiger partial charge in [-0.25, -0.2) is 0 Å². The molecule has 1 saturated carbocycles. The third-order valence-corrected chi connectivity index (χ3v) is 6.21. The van der Waals surface area contributed by atoms with E-state index >= 15 is 0 Å². The van der Waals surface area contributed by atoms with E-state index in [2.05, 4.69) is 0 Å². The third kappa shape index (κ3) is 4.11. The first kappa shape index (κ1) is 22.0. The molecule has 0 aromatic heterocycles. The smallest absolute Gasteiger partial charge is 0.341 e. The SMILES string of the molecule is CC1(C)CN(C(=O)C2(c3cccc(C(F)(F)F)c3)CCCC2)CCC1N.Cl. The van der Waals surface area contributed by atoms with E-state index in [0.29, 0.717) is 31.5 Å². The second kappa shape index (κ2) is 7.63. The third-order valence-electron chi connectivity index (χ3n) is 6.21. The quantitative estimate of drug-likeness (QED) is 0.787. The molecule has 27 heavy (non-hydrogen) atoms. The van der Waals surface area contributed by atoms with Gasteiger partial charge in [-0.1, -0.05) is 44.9 Å². The predicted molar refractivity (Wildman–Crippen MR) is 102 cm³/mol. The summed E-state index contributed by atoms with van der Waals surface area (Å²) < 4.78 is 39.5. The number of rotatable bonds is 2. The van der Waals surface area contributed by atoms with E-state index in [1.54, 1.807) is 6.07 Å². The Morgan fingerprint density at radius 3 is 2.41 bits per heavy atom. The van der Waals surface area contributed by atoms with Gasteiger partial charge in [0.15, 0.2) is 0 Å². The number of likely N-dealkylation sites (tertiary alicyclic amines) is 1. The summed E-state index contributed by atoms with van der Waals surface area (Å²) in [7, 11) is 0. The molecule has 1 saturated heterocycles. The highest BCUT2D eigenvalue weighted by atomic mass is 35.5. The van der Waals surface area contributed by atoms with Gasteiger partial charge in [0.25, 0.3) is 0 Å². The lowest BCUT2D eigenvalue weighted by molar-refractivity contribution is -0.141. The van der Waals surface area contributed by atoms with Crippen LogP contribution < -0.4 is 5.73 Å². The standard InChI is InChI=1S/C20H27F3N2O.ClH/c1-18(2)13-25(11-8-16(18)24)17(26)19(9-3-4-10-19)14-6-5-7-15(12-14)20(21,22)23;/h5-7,12,16H,3-4,8-11,13,24H2,1-2H3;1H. The molecule has 2 N–H and O–H groups in total. The average Bonchev–Trinajstić information content (AvgIpc) is 3.07. The molecule has 2 fully saturated rings. The molecule has 1 heterocycles. The molecule has 1 aromatic rings. The summed E-state index contributed by atoms with van der Waals surface area (Å²) in [5.74, 6) is -0.0331. The van der Waals surface area contributed by atoms with Crippen molar-refractivity contribution < 1.29 is 18.0 Å². The first-order valence-electron chi connectivity index (χ1n) is 9.29. The summed E-state index contributed by atoms with van der Waals surface area (Å²) in [6.45, 7) is 5.21. The maximum atomic E-state index is 13.5. The van der Waals surface area contributed by atoms with E-state index in [4.69, 9.17) is 5.73 Å². The van der Waals surface area contributed by atoms with Crippen LogP contribution in [0.2, 0.25) is 0 Å². The van der Waals surface area contributed by atoms with Crippen molar-refractivity contribution in [1.82, 2.24) is 4.90 Å². The second-order valence-corrected chi connectivity index (χ2v) is 8.48. The predicted octanol–water partition coefficient (Wildman–Crippen LogP) is 4.52. The molecule has 0 spiro atoms. The summed E-state index contributed by atoms with van der Waals surface area (Å²) in [6.07, 6.45) is -0.750. The monoisotopic (exact) mass is 404 g/mol. The van der Waals surface area contributed by atoms with Gasteiger partial charge in [0, 0.05) is 19.1 Å². The Balaban J connectivity index is 0.00000261. The number of nitrogens with two attached hydrogens (primary N) is 1. The lowest BCUT2D eigenvalue weighted by atomic mass is 9.74. The van der Waals surface area contributed by atoms with Crippen molar-refractivity contribution in [2.75, 3.05) is 13.1 Å². The second-order valence-electron chi connectivity index (χ2n) is 8.48. The Labute approximate surface area is 164 Å². The van der Waals surface area contributed by atoms with Gasteiger partial charge in [-0.05, 0) is 36.3 Å². The molecule has 1 unspecified atom stereocenters. The normalized spacial score (nSPS) is 24.4. The van der Waals surface area contributed by atoms with Crippen LogP contribution in [0.1, 0.15) is 57.1 Å². The van der Waals surface area contributed by atoms with Crippen LogP contribution in [0.5, 0.6) is 0 Å². The van der Waals surface area contributed by atoms with Crippen LogP contribution in [0.25, 0.3) is 0 Å². The van der Waals surface area contributed by atoms with Gasteiger partial charge in [0.2, 0.25) is 5.91 Å². The maximum Gasteiger partial charge on any atom is 0.416 e. The van der Waals surface area contributed by atoms with E-state index in [0.717, 1.165) is 25.3 Å². The molecule has 0 bridgehead atoms. The number of alkyl halides is 3. The number of piperidine rings is 1. The van der Waals surface area contributed by atoms with E-state index in [9.17, 15) is 18.0 Å². The summed E-state index contributed by atoms with van der Waals surface area (Å²) in [5.41, 5.74) is 4.97. The van der Waals surface area contributed by atoms with E-state index in [1.807, 2.05) is 18.7 Å². The van der Waals surface area contributed by atoms with Gasteiger partial charge in [0.1, 0.15) is 0 Å². The topological polar surface area (TPSA) is 46.3 Å². The lowest BCUT2D eigenvalue weighted by Gasteiger charge is -2.45. The van der Waals surface area contributed by atoms with Crippen molar-refractivity contribution >= 4 is 18.3 Å². The first-order valence-corrected chi connectivity index (χ1v) is 9.29. The number of benzene rings is 1. The molecule has 1 amide bonds. The zero-order valence-corrected chi connectivity index (χ0v) is 16.6. The highest BCUT2D eigenvalue weighted by molar-refractivity contribution is 5.89. The molecular formula is C20H28ClF3N2O. The fourth-order valence-electron chi connectivity index (χ4n) is 4.45. The van der Waals surface area contributed by atoms with Gasteiger partial charge in [0.05, 0.1) is 11.0 Å². The Bertz CT molecular complexity index is 684. The van der Waals surface area contributed by atoms with Crippen LogP contribution in [0, 0.1) is 5.41 Å². The van der Waals surface area contributed by atoms with Crippen molar-refractivity contribution in [2.24, 2.45) is 11.1 Å². The van der Waals surface area contributed by atoms with E-state index in [-0.39, 0.29) is 29.8 Å². The van der Waals surface area contributed by atoms with Crippen molar-refractivity contribution in [3.63, 3.8) is 0 Å². The highest BCUT2D eigenvalue weighted by Gasteiger charge is 2.48. The Hall–Kier alpha value is -1.27. The zero-order chi connectivity index (χ0) is 19.2. The van der Waals surface area contributed by atoms with Gasteiger partial charge in [-0.2, -0.15) is 13.2 Å². The zero-order valence-electron chi connectivity index (χ0n) is 15.8. The minimum atomic E-state index is -4.40. The Morgan fingerprint density at radius 1 is 1.22 bits per heavy atom. The number of carbonyl (C=O) groups is 1. The number of hydrogen-bond donors (Lipinski definition) is 1. The fourth-order valence-corrected chi connectivity index (χ4v) is 4.45. The number of carbonyl (C=O) groups excluding carboxylic acids is 1. The molecule has 1 aromatic carbocycles. The summed E-state index contributed by atoms with van der Waals surface area (Å²) in [4.78, 5) is 15.3. The molecule has 1 aliphatic heterocycles. The number of hydrogen-bond acceptors (Lipinski definition) is 2. The Morgan fingerprint density at radius 2 is 1.85 bits per heavy atom. The number of halogens is 4. The van der Waals surface area contributed by atoms with Crippen LogP contribution in [-0.4, -0.2) is 29.9 Å². The van der Waals surface area contributed by atoms with Gasteiger partial charge < -0.3 is 10.6 Å². The van der Waals surface area contributed by atoms with Gasteiger partial charge in [-0.15, -0.1) is 12.4 Å². The van der Waals surface area contributed by atoms with Crippen molar-refractivity contribution in [3.05, 3.63) is 35.4 Å². The number of nitrogens with zero attached hydrogens (tertiary/aromatic N) is 1. The molecule has 1 atom stereocenters. The lowest BCUT2D eigenvalue weighted by Crippen LogP contribution is -2.57. The minimum Gasteiger partial charge on any atom is -0.341 e. The molecule has 0 radical (unpaired) electrons. The molecule has 3 rings (SSSR count). The fraction of sp³-hybridized carbons (Fsp3) is 0.650. The van der Waals surface area contributed by atoms with Crippen LogP contribution in [-0.2, 0) is 16.4 Å². The van der Waals surface area contributed by atoms with Crippen LogP contribution >= 0.6 is 12.4 Å². The first-order chi connectivity index (χ1) is 12.1. The van der Waals surface area contributed by atoms with Crippen LogP contribution in [0.15, 0.2) is 24.3 Å². The molecular weight excluding hydrogens is 377 g/mol. The van der Waals surface area contributed by atoms with Crippen molar-refractivity contribution in [1.29, 1.82) is 0 Å². The summed E-state index contributed by atoms with van der Waals surface area (Å²) >= 11 is 0. The maximum absolute atomic E-state index is 13.5. The number of amides is 1. The van der Waals surface area contributed by atoms with Crippen LogP contribution in [0.3, 0.4) is 0 Å². The van der Waals surface area contributed by atoms with Crippen molar-refractivity contribution in [2.45, 2.75) is 63.6 Å². The molecule has 2 aliphatic rings. The van der Waals surface area contributed by atoms with Gasteiger partial charge >= 0.3 is 6.18 Å². The molecule has 1 aliphatic carbocycles. The largest absolute Gasteiger partial charge is 0.416 e. The minimum absolute atomic E-state index is 0. The van der Waals surface area contributed by atoms with Gasteiger partial charge in [-0.3, -0.25) is 4.79 Å². The van der Waals surface area contributed by atoms with Crippen LogP contribution in [0.4, 0.5) is 13.2 Å². The molecule has 7 heteroatoms. The van der Waals surface area contributed by atoms with E-state index in [1.165, 1.54) is 12.1 Å². The highest BCUT2D eigenvalue weighted by Crippen LogP contribution is 2.45. The van der Waals surface area contributed by atoms with Crippen molar-refractivity contribution in [3.8, 4) is 0 Å². The molecule has 3 nitrogen and oxygen atoms in total. The van der Waals surface area contributed by atoms with E-state index < -0.39 is 17.2 Å². The average molecular weight is 405 g/mol. The summed E-state index contributed by atoms with van der Waals surface area (Å²) in [5, 5.41) is 0. The Kier molecular flexibility index (Phi) is 6.22.